The van der Waals surface area contributed by atoms with Gasteiger partial charge >= 0.3 is 0 Å². The van der Waals surface area contributed by atoms with E-state index in [1.807, 2.05) is 24.3 Å². The number of sulfonamides is 1. The molecule has 1 saturated heterocycles. The molecular weight excluding hydrogens is 356 g/mol. The first-order valence-electron chi connectivity index (χ1n) is 8.84. The van der Waals surface area contributed by atoms with Crippen LogP contribution >= 0.6 is 0 Å². The van der Waals surface area contributed by atoms with Gasteiger partial charge in [-0.2, -0.15) is 0 Å². The molecule has 0 aromatic heterocycles. The quantitative estimate of drug-likeness (QED) is 0.554. The molecule has 0 aliphatic carbocycles. The fourth-order valence-corrected chi connectivity index (χ4v) is 5.40. The second-order valence-corrected chi connectivity index (χ2v) is 9.03. The molecule has 2 rings (SSSR count). The third-order valence-corrected chi connectivity index (χ3v) is 7.00. The molecule has 0 radical (unpaired) electrons. The van der Waals surface area contributed by atoms with Gasteiger partial charge in [-0.05, 0) is 36.3 Å². The van der Waals surface area contributed by atoms with Gasteiger partial charge in [-0.15, -0.1) is 0 Å². The van der Waals surface area contributed by atoms with Gasteiger partial charge in [0.05, 0.1) is 18.8 Å². The Kier molecular flexibility index (Phi) is 7.02. The van der Waals surface area contributed by atoms with Crippen molar-refractivity contribution in [1.82, 2.24) is 9.79 Å². The number of ether oxygens (including phenoxy) is 1. The Morgan fingerprint density at radius 2 is 1.92 bits per heavy atom. The number of para-hydroxylation sites is 1. The number of benzene rings is 1. The smallest absolute Gasteiger partial charge is 0.247 e. The van der Waals surface area contributed by atoms with E-state index in [4.69, 9.17) is 9.94 Å². The summed E-state index contributed by atoms with van der Waals surface area (Å²) in [5, 5.41) is 8.85. The summed E-state index contributed by atoms with van der Waals surface area (Å²) in [6.45, 7) is 4.36. The minimum atomic E-state index is -3.57. The molecule has 1 amide bonds. The van der Waals surface area contributed by atoms with Crippen LogP contribution in [0.25, 0.3) is 0 Å². The van der Waals surface area contributed by atoms with Crippen LogP contribution in [-0.4, -0.2) is 49.8 Å². The molecule has 8 heteroatoms. The van der Waals surface area contributed by atoms with E-state index >= 15 is 0 Å². The maximum atomic E-state index is 12.7. The summed E-state index contributed by atoms with van der Waals surface area (Å²) in [7, 11) is -1.94. The number of nitrogens with one attached hydrogen (secondary N) is 1. The van der Waals surface area contributed by atoms with Crippen LogP contribution in [0, 0.1) is 11.8 Å². The second-order valence-electron chi connectivity index (χ2n) is 7.02. The van der Waals surface area contributed by atoms with Crippen molar-refractivity contribution in [2.75, 3.05) is 26.0 Å². The number of carbonyl (C=O) groups excluding carboxylic acids is 1. The van der Waals surface area contributed by atoms with Crippen molar-refractivity contribution >= 4 is 15.9 Å². The number of hydrogen-bond acceptors (Lipinski definition) is 5. The lowest BCUT2D eigenvalue weighted by Crippen LogP contribution is -2.44. The predicted octanol–water partition coefficient (Wildman–Crippen LogP) is 1.98. The number of hydrogen-bond donors (Lipinski definition) is 2. The average Bonchev–Trinajstić information content (AvgIpc) is 2.65. The summed E-state index contributed by atoms with van der Waals surface area (Å²) in [4.78, 5) is 11.8. The normalized spacial score (nSPS) is 17.9. The summed E-state index contributed by atoms with van der Waals surface area (Å²) in [6, 6.07) is 7.81. The molecule has 1 aromatic rings. The first kappa shape index (κ1) is 20.7. The second kappa shape index (κ2) is 8.83. The van der Waals surface area contributed by atoms with E-state index in [1.54, 1.807) is 26.4 Å². The Bertz CT molecular complexity index is 712. The molecule has 1 aromatic carbocycles. The largest absolute Gasteiger partial charge is 0.496 e. The summed E-state index contributed by atoms with van der Waals surface area (Å²) in [5.41, 5.74) is 2.68. The lowest BCUT2D eigenvalue weighted by atomic mass is 9.89. The molecule has 2 N–H and O–H groups in total. The Morgan fingerprint density at radius 3 is 2.46 bits per heavy atom. The highest BCUT2D eigenvalue weighted by atomic mass is 32.2. The van der Waals surface area contributed by atoms with E-state index in [9.17, 15) is 13.2 Å². The van der Waals surface area contributed by atoms with E-state index in [0.717, 1.165) is 11.3 Å². The van der Waals surface area contributed by atoms with Crippen LogP contribution in [0.3, 0.4) is 0 Å². The zero-order valence-electron chi connectivity index (χ0n) is 15.5. The van der Waals surface area contributed by atoms with Gasteiger partial charge in [-0.1, -0.05) is 32.0 Å². The van der Waals surface area contributed by atoms with Crippen molar-refractivity contribution in [3.63, 3.8) is 0 Å². The fraction of sp³-hybridized carbons (Fsp3) is 0.611. The van der Waals surface area contributed by atoms with Crippen LogP contribution in [0.1, 0.15) is 38.2 Å². The SMILES string of the molecule is COc1ccccc1C1CCN(S(=O)(=O)C[C@@H](C(=O)NO)C(C)C)CC1. The topological polar surface area (TPSA) is 95.9 Å². The highest BCUT2D eigenvalue weighted by molar-refractivity contribution is 7.89. The zero-order chi connectivity index (χ0) is 19.3. The van der Waals surface area contributed by atoms with Crippen molar-refractivity contribution in [3.8, 4) is 5.75 Å². The standard InChI is InChI=1S/C18H28N2O5S/c1-13(2)16(18(21)19-22)12-26(23,24)20-10-8-14(9-11-20)15-6-4-5-7-17(15)25-3/h4-7,13-14,16,22H,8-12H2,1-3H3,(H,19,21)/t16-/m1/s1. The summed E-state index contributed by atoms with van der Waals surface area (Å²) >= 11 is 0. The predicted molar refractivity (Wildman–Crippen MR) is 98.6 cm³/mol. The molecule has 1 aliphatic heterocycles. The lowest BCUT2D eigenvalue weighted by molar-refractivity contribution is -0.134. The van der Waals surface area contributed by atoms with Crippen molar-refractivity contribution in [3.05, 3.63) is 29.8 Å². The van der Waals surface area contributed by atoms with Crippen molar-refractivity contribution in [2.24, 2.45) is 11.8 Å². The monoisotopic (exact) mass is 384 g/mol. The van der Waals surface area contributed by atoms with Gasteiger partial charge in [-0.3, -0.25) is 10.0 Å². The molecule has 1 aliphatic rings. The Labute approximate surface area is 155 Å². The number of hydroxylamine groups is 1. The minimum absolute atomic E-state index is 0.192. The third kappa shape index (κ3) is 4.75. The van der Waals surface area contributed by atoms with Crippen LogP contribution in [0.15, 0.2) is 24.3 Å². The molecule has 1 atom stereocenters. The minimum Gasteiger partial charge on any atom is -0.496 e. The molecule has 26 heavy (non-hydrogen) atoms. The third-order valence-electron chi connectivity index (χ3n) is 5.07. The Hall–Kier alpha value is -1.64. The van der Waals surface area contributed by atoms with Gasteiger partial charge in [0.25, 0.3) is 0 Å². The molecule has 0 bridgehead atoms. The Morgan fingerprint density at radius 1 is 1.31 bits per heavy atom. The average molecular weight is 384 g/mol. The number of carbonyl (C=O) groups is 1. The van der Waals surface area contributed by atoms with Crippen LogP contribution in [0.2, 0.25) is 0 Å². The van der Waals surface area contributed by atoms with Gasteiger partial charge in [-0.25, -0.2) is 18.2 Å². The Balaban J connectivity index is 2.05. The maximum Gasteiger partial charge on any atom is 0.247 e. The molecular formula is C18H28N2O5S. The first-order chi connectivity index (χ1) is 12.3. The number of piperidine rings is 1. The van der Waals surface area contributed by atoms with Crippen LogP contribution in [0.5, 0.6) is 5.75 Å². The summed E-state index contributed by atoms with van der Waals surface area (Å²) in [6.07, 6.45) is 1.41. The van der Waals surface area contributed by atoms with Gasteiger partial charge in [0.15, 0.2) is 0 Å². The number of rotatable bonds is 7. The van der Waals surface area contributed by atoms with Gasteiger partial charge in [0.2, 0.25) is 15.9 Å². The van der Waals surface area contributed by atoms with E-state index in [2.05, 4.69) is 0 Å². The van der Waals surface area contributed by atoms with Gasteiger partial charge < -0.3 is 4.74 Å². The van der Waals surface area contributed by atoms with E-state index in [-0.39, 0.29) is 17.6 Å². The molecule has 0 spiro atoms. The lowest BCUT2D eigenvalue weighted by Gasteiger charge is -2.33. The van der Waals surface area contributed by atoms with E-state index < -0.39 is 21.8 Å². The van der Waals surface area contributed by atoms with Crippen LogP contribution < -0.4 is 10.2 Å². The van der Waals surface area contributed by atoms with E-state index in [0.29, 0.717) is 25.9 Å². The zero-order valence-corrected chi connectivity index (χ0v) is 16.3. The molecule has 1 heterocycles. The molecule has 7 nitrogen and oxygen atoms in total. The highest BCUT2D eigenvalue weighted by Gasteiger charge is 2.34. The van der Waals surface area contributed by atoms with Crippen molar-refractivity contribution < 1.29 is 23.2 Å². The van der Waals surface area contributed by atoms with E-state index in [1.165, 1.54) is 4.31 Å². The maximum absolute atomic E-state index is 12.7. The molecule has 1 fully saturated rings. The fourth-order valence-electron chi connectivity index (χ4n) is 3.43. The molecule has 0 unspecified atom stereocenters. The first-order valence-corrected chi connectivity index (χ1v) is 10.5. The van der Waals surface area contributed by atoms with Crippen LogP contribution in [0.4, 0.5) is 0 Å². The van der Waals surface area contributed by atoms with Gasteiger partial charge in [0, 0.05) is 13.1 Å². The molecule has 146 valence electrons. The van der Waals surface area contributed by atoms with Crippen LogP contribution in [-0.2, 0) is 14.8 Å². The summed E-state index contributed by atoms with van der Waals surface area (Å²) in [5.74, 6) is -0.851. The van der Waals surface area contributed by atoms with Gasteiger partial charge in [0.1, 0.15) is 5.75 Å². The number of nitrogens with zero attached hydrogens (tertiary/aromatic N) is 1. The van der Waals surface area contributed by atoms with Crippen molar-refractivity contribution in [2.45, 2.75) is 32.6 Å². The summed E-state index contributed by atoms with van der Waals surface area (Å²) < 4.78 is 32.3. The number of amides is 1. The molecule has 0 saturated carbocycles. The highest BCUT2D eigenvalue weighted by Crippen LogP contribution is 2.35. The van der Waals surface area contributed by atoms with Crippen molar-refractivity contribution in [1.29, 1.82) is 0 Å². The number of methoxy groups -OCH3 is 1.